The van der Waals surface area contributed by atoms with Gasteiger partial charge in [0.1, 0.15) is 5.65 Å². The molecule has 0 aliphatic heterocycles. The predicted octanol–water partition coefficient (Wildman–Crippen LogP) is 4.72. The monoisotopic (exact) mass is 401 g/mol. The minimum atomic E-state index is -0.0375. The minimum absolute atomic E-state index is 0.0375. The van der Waals surface area contributed by atoms with Gasteiger partial charge in [-0.15, -0.1) is 0 Å². The number of benzene rings is 2. The van der Waals surface area contributed by atoms with Gasteiger partial charge in [-0.1, -0.05) is 30.3 Å². The maximum absolute atomic E-state index is 12.8. The fourth-order valence-corrected chi connectivity index (χ4v) is 3.76. The second-order valence-corrected chi connectivity index (χ2v) is 7.26. The topological polar surface area (TPSA) is 73.0 Å². The molecule has 0 saturated heterocycles. The number of carbonyl (C=O) groups excluding carboxylic acids is 1. The fraction of sp³-hybridized carbons (Fsp3) is 0. The van der Waals surface area contributed by atoms with Crippen LogP contribution in [-0.2, 0) is 0 Å². The van der Waals surface area contributed by atoms with Gasteiger partial charge in [-0.25, -0.2) is 15.0 Å². The Kier molecular flexibility index (Phi) is 3.83. The van der Waals surface area contributed by atoms with Crippen molar-refractivity contribution in [2.75, 3.05) is 0 Å². The highest BCUT2D eigenvalue weighted by molar-refractivity contribution is 6.10. The third-order valence-corrected chi connectivity index (χ3v) is 5.32. The number of rotatable bonds is 3. The Labute approximate surface area is 176 Å². The summed E-state index contributed by atoms with van der Waals surface area (Å²) in [6.07, 6.45) is 5.48. The molecule has 0 atom stereocenters. The first-order valence-electron chi connectivity index (χ1n) is 9.86. The summed E-state index contributed by atoms with van der Waals surface area (Å²) in [6, 6.07) is 22.6. The first kappa shape index (κ1) is 17.4. The maximum Gasteiger partial charge on any atom is 0.198 e. The zero-order valence-corrected chi connectivity index (χ0v) is 16.3. The Hall–Kier alpha value is -4.45. The van der Waals surface area contributed by atoms with Gasteiger partial charge in [0.05, 0.1) is 11.0 Å². The van der Waals surface area contributed by atoms with Gasteiger partial charge in [-0.3, -0.25) is 14.2 Å². The van der Waals surface area contributed by atoms with Crippen molar-refractivity contribution in [3.05, 3.63) is 103 Å². The first-order chi connectivity index (χ1) is 15.3. The Morgan fingerprint density at radius 2 is 1.55 bits per heavy atom. The van der Waals surface area contributed by atoms with Crippen molar-refractivity contribution in [3.63, 3.8) is 0 Å². The molecule has 0 N–H and O–H groups in total. The number of nitrogens with zero attached hydrogens (tertiary/aromatic N) is 5. The lowest BCUT2D eigenvalue weighted by Gasteiger charge is -2.04. The highest BCUT2D eigenvalue weighted by Gasteiger charge is 2.13. The van der Waals surface area contributed by atoms with E-state index < -0.39 is 0 Å². The van der Waals surface area contributed by atoms with Crippen LogP contribution in [0.2, 0.25) is 0 Å². The third-order valence-electron chi connectivity index (χ3n) is 5.32. The fourth-order valence-electron chi connectivity index (χ4n) is 3.76. The van der Waals surface area contributed by atoms with Gasteiger partial charge in [0.2, 0.25) is 0 Å². The van der Waals surface area contributed by atoms with Gasteiger partial charge in [0.15, 0.2) is 17.1 Å². The van der Waals surface area contributed by atoms with Gasteiger partial charge in [-0.05, 0) is 53.6 Å². The zero-order valence-electron chi connectivity index (χ0n) is 16.3. The van der Waals surface area contributed by atoms with Crippen LogP contribution in [-0.4, -0.2) is 30.1 Å². The lowest BCUT2D eigenvalue weighted by Crippen LogP contribution is -2.01. The molecule has 0 saturated carbocycles. The van der Waals surface area contributed by atoms with Crippen molar-refractivity contribution >= 4 is 33.8 Å². The van der Waals surface area contributed by atoms with E-state index in [0.29, 0.717) is 33.5 Å². The molecule has 31 heavy (non-hydrogen) atoms. The van der Waals surface area contributed by atoms with E-state index >= 15 is 0 Å². The van der Waals surface area contributed by atoms with Crippen LogP contribution in [0.4, 0.5) is 0 Å². The van der Waals surface area contributed by atoms with Gasteiger partial charge in [-0.2, -0.15) is 0 Å². The van der Waals surface area contributed by atoms with Crippen LogP contribution in [0.25, 0.3) is 39.1 Å². The molecule has 0 bridgehead atoms. The summed E-state index contributed by atoms with van der Waals surface area (Å²) in [7, 11) is 0. The lowest BCUT2D eigenvalue weighted by molar-refractivity contribution is 0.103. The van der Waals surface area contributed by atoms with Crippen molar-refractivity contribution in [2.24, 2.45) is 0 Å². The maximum atomic E-state index is 12.8. The number of hydrogen-bond acceptors (Lipinski definition) is 5. The van der Waals surface area contributed by atoms with E-state index in [-0.39, 0.29) is 5.78 Å². The molecule has 0 radical (unpaired) electrons. The van der Waals surface area contributed by atoms with Crippen LogP contribution in [0.15, 0.2) is 91.4 Å². The van der Waals surface area contributed by atoms with Crippen molar-refractivity contribution < 1.29 is 4.79 Å². The number of imidazole rings is 1. The number of fused-ring (bicyclic) bond motifs is 4. The Morgan fingerprint density at radius 1 is 0.710 bits per heavy atom. The van der Waals surface area contributed by atoms with Crippen LogP contribution >= 0.6 is 0 Å². The molecular formula is C25H15N5O. The minimum Gasteiger partial charge on any atom is -0.289 e. The van der Waals surface area contributed by atoms with E-state index in [4.69, 9.17) is 4.98 Å². The van der Waals surface area contributed by atoms with Crippen molar-refractivity contribution in [1.82, 2.24) is 24.3 Å². The van der Waals surface area contributed by atoms with Crippen LogP contribution in [0, 0.1) is 0 Å². The zero-order chi connectivity index (χ0) is 20.8. The van der Waals surface area contributed by atoms with Crippen molar-refractivity contribution in [2.45, 2.75) is 0 Å². The summed E-state index contributed by atoms with van der Waals surface area (Å²) >= 11 is 0. The standard InChI is InChI=1S/C25H15N5O/c31-23(17-4-2-1-3-5-17)19-6-7-20-21(14-19)28-25-24(27-20)29-22-15-18(10-13-30(22)25)16-8-11-26-12-9-16/h1-15H. The average molecular weight is 401 g/mol. The smallest absolute Gasteiger partial charge is 0.198 e. The Bertz CT molecular complexity index is 1590. The largest absolute Gasteiger partial charge is 0.289 e. The molecule has 0 aliphatic carbocycles. The van der Waals surface area contributed by atoms with Gasteiger partial charge in [0.25, 0.3) is 0 Å². The molecule has 4 heterocycles. The highest BCUT2D eigenvalue weighted by Crippen LogP contribution is 2.24. The van der Waals surface area contributed by atoms with Gasteiger partial charge in [0, 0.05) is 29.7 Å². The van der Waals surface area contributed by atoms with Crippen LogP contribution < -0.4 is 0 Å². The van der Waals surface area contributed by atoms with Crippen LogP contribution in [0.3, 0.4) is 0 Å². The van der Waals surface area contributed by atoms with Gasteiger partial charge < -0.3 is 0 Å². The van der Waals surface area contributed by atoms with E-state index in [1.165, 1.54) is 0 Å². The molecule has 6 nitrogen and oxygen atoms in total. The number of ketones is 1. The van der Waals surface area contributed by atoms with E-state index in [1.54, 1.807) is 24.5 Å². The van der Waals surface area contributed by atoms with Crippen LogP contribution in [0.5, 0.6) is 0 Å². The third kappa shape index (κ3) is 2.93. The molecule has 2 aromatic carbocycles. The number of carbonyl (C=O) groups is 1. The molecule has 0 spiro atoms. The molecule has 6 heteroatoms. The van der Waals surface area contributed by atoms with E-state index in [9.17, 15) is 4.79 Å². The van der Waals surface area contributed by atoms with E-state index in [0.717, 1.165) is 16.8 Å². The molecule has 146 valence electrons. The average Bonchev–Trinajstić information content (AvgIpc) is 3.19. The Morgan fingerprint density at radius 3 is 2.39 bits per heavy atom. The molecule has 0 aliphatic rings. The van der Waals surface area contributed by atoms with Crippen molar-refractivity contribution in [3.8, 4) is 11.1 Å². The summed E-state index contributed by atoms with van der Waals surface area (Å²) in [5.74, 6) is -0.0375. The second kappa shape index (κ2) is 6.81. The summed E-state index contributed by atoms with van der Waals surface area (Å²) < 4.78 is 1.91. The second-order valence-electron chi connectivity index (χ2n) is 7.26. The SMILES string of the molecule is O=C(c1ccccc1)c1ccc2nc3nc4cc(-c5ccncc5)ccn4c3nc2c1. The van der Waals surface area contributed by atoms with Crippen LogP contribution in [0.1, 0.15) is 15.9 Å². The molecule has 0 amide bonds. The summed E-state index contributed by atoms with van der Waals surface area (Å²) in [5.41, 5.74) is 6.71. The Balaban J connectivity index is 1.49. The summed E-state index contributed by atoms with van der Waals surface area (Å²) in [6.45, 7) is 0. The highest BCUT2D eigenvalue weighted by atomic mass is 16.1. The quantitative estimate of drug-likeness (QED) is 0.401. The summed E-state index contributed by atoms with van der Waals surface area (Å²) in [5, 5.41) is 0. The first-order valence-corrected chi connectivity index (χ1v) is 9.86. The number of pyridine rings is 2. The molecule has 6 aromatic rings. The normalized spacial score (nSPS) is 11.4. The molecule has 0 unspecified atom stereocenters. The lowest BCUT2D eigenvalue weighted by atomic mass is 10.0. The van der Waals surface area contributed by atoms with E-state index in [1.807, 2.05) is 71.3 Å². The van der Waals surface area contributed by atoms with Gasteiger partial charge >= 0.3 is 0 Å². The number of hydrogen-bond donors (Lipinski definition) is 0. The molecule has 6 rings (SSSR count). The molecule has 0 fully saturated rings. The predicted molar refractivity (Wildman–Crippen MR) is 119 cm³/mol. The van der Waals surface area contributed by atoms with E-state index in [2.05, 4.69) is 15.0 Å². The molecule has 4 aromatic heterocycles. The summed E-state index contributed by atoms with van der Waals surface area (Å²) in [4.78, 5) is 31.0. The number of aromatic nitrogens is 5. The van der Waals surface area contributed by atoms with Crippen molar-refractivity contribution in [1.29, 1.82) is 0 Å². The molecular weight excluding hydrogens is 386 g/mol.